The molecule has 5 heteroatoms. The molecule has 1 aromatic carbocycles. The van der Waals surface area contributed by atoms with Gasteiger partial charge in [0.25, 0.3) is 0 Å². The van der Waals surface area contributed by atoms with Gasteiger partial charge in [-0.25, -0.2) is 9.29 Å². The summed E-state index contributed by atoms with van der Waals surface area (Å²) >= 11 is 0. The summed E-state index contributed by atoms with van der Waals surface area (Å²) in [6, 6.07) is 4.04. The van der Waals surface area contributed by atoms with Crippen molar-refractivity contribution in [3.8, 4) is 0 Å². The molecule has 4 nitrogen and oxygen atoms in total. The Bertz CT molecular complexity index is 534. The van der Waals surface area contributed by atoms with E-state index in [0.717, 1.165) is 36.6 Å². The van der Waals surface area contributed by atoms with E-state index in [1.807, 2.05) is 0 Å². The molecule has 1 saturated heterocycles. The van der Waals surface area contributed by atoms with Gasteiger partial charge < -0.3 is 5.73 Å². The number of benzene rings is 1. The molecule has 100 valence electrons. The number of fused-ring (bicyclic) bond motifs is 1. The Kier molecular flexibility index (Phi) is 2.77. The number of hydrogen-bond donors (Lipinski definition) is 1. The molecular weight excluding hydrogens is 247 g/mol. The second-order valence-corrected chi connectivity index (χ2v) is 5.22. The Balaban J connectivity index is 2.00. The zero-order chi connectivity index (χ0) is 13.6. The summed E-state index contributed by atoms with van der Waals surface area (Å²) < 4.78 is 13.9. The van der Waals surface area contributed by atoms with Crippen LogP contribution < -0.4 is 10.6 Å². The lowest BCUT2D eigenvalue weighted by Gasteiger charge is -2.19. The smallest absolute Gasteiger partial charge is 0.237 e. The first-order chi connectivity index (χ1) is 9.09. The van der Waals surface area contributed by atoms with Crippen molar-refractivity contribution in [2.24, 2.45) is 11.8 Å². The first kappa shape index (κ1) is 12.1. The lowest BCUT2D eigenvalue weighted by molar-refractivity contribution is -0.122. The molecule has 0 radical (unpaired) electrons. The van der Waals surface area contributed by atoms with Crippen molar-refractivity contribution in [1.82, 2.24) is 0 Å². The van der Waals surface area contributed by atoms with Crippen LogP contribution in [0.2, 0.25) is 0 Å². The maximum Gasteiger partial charge on any atom is 0.237 e. The van der Waals surface area contributed by atoms with Crippen molar-refractivity contribution in [2.75, 3.05) is 10.6 Å². The quantitative estimate of drug-likeness (QED) is 0.622. The molecule has 19 heavy (non-hydrogen) atoms. The first-order valence-corrected chi connectivity index (χ1v) is 6.52. The molecule has 2 fully saturated rings. The minimum absolute atomic E-state index is 0.0265. The van der Waals surface area contributed by atoms with Gasteiger partial charge in [0.2, 0.25) is 11.8 Å². The SMILES string of the molecule is Nc1ccc(N2C(=O)C3CCCCC3C2=O)c(F)c1. The van der Waals surface area contributed by atoms with Gasteiger partial charge in [0, 0.05) is 5.69 Å². The molecule has 2 aliphatic rings. The van der Waals surface area contributed by atoms with Gasteiger partial charge in [-0.15, -0.1) is 0 Å². The molecule has 2 atom stereocenters. The van der Waals surface area contributed by atoms with Crippen LogP contribution in [0.3, 0.4) is 0 Å². The van der Waals surface area contributed by atoms with E-state index >= 15 is 0 Å². The number of carbonyl (C=O) groups excluding carboxylic acids is 2. The highest BCUT2D eigenvalue weighted by Gasteiger charge is 2.49. The number of nitrogens with zero attached hydrogens (tertiary/aromatic N) is 1. The number of amides is 2. The Morgan fingerprint density at radius 2 is 1.68 bits per heavy atom. The predicted octanol–water partition coefficient (Wildman–Crippen LogP) is 2.09. The minimum Gasteiger partial charge on any atom is -0.399 e. The van der Waals surface area contributed by atoms with Crippen LogP contribution in [0, 0.1) is 17.7 Å². The van der Waals surface area contributed by atoms with Gasteiger partial charge >= 0.3 is 0 Å². The maximum atomic E-state index is 13.9. The zero-order valence-corrected chi connectivity index (χ0v) is 10.4. The van der Waals surface area contributed by atoms with E-state index in [9.17, 15) is 14.0 Å². The Morgan fingerprint density at radius 1 is 1.11 bits per heavy atom. The van der Waals surface area contributed by atoms with Gasteiger partial charge in [0.15, 0.2) is 0 Å². The Morgan fingerprint density at radius 3 is 2.21 bits per heavy atom. The first-order valence-electron chi connectivity index (χ1n) is 6.52. The third kappa shape index (κ3) is 1.80. The van der Waals surface area contributed by atoms with Crippen molar-refractivity contribution in [2.45, 2.75) is 25.7 Å². The number of anilines is 2. The molecule has 1 saturated carbocycles. The van der Waals surface area contributed by atoms with E-state index in [1.165, 1.54) is 12.1 Å². The van der Waals surface area contributed by atoms with Gasteiger partial charge in [-0.05, 0) is 31.0 Å². The fourth-order valence-corrected chi connectivity index (χ4v) is 3.10. The molecule has 3 rings (SSSR count). The van der Waals surface area contributed by atoms with Gasteiger partial charge in [-0.1, -0.05) is 12.8 Å². The summed E-state index contributed by atoms with van der Waals surface area (Å²) in [7, 11) is 0. The fourth-order valence-electron chi connectivity index (χ4n) is 3.10. The maximum absolute atomic E-state index is 13.9. The monoisotopic (exact) mass is 262 g/mol. The summed E-state index contributed by atoms with van der Waals surface area (Å²) in [5.41, 5.74) is 5.79. The number of rotatable bonds is 1. The summed E-state index contributed by atoms with van der Waals surface area (Å²) in [4.78, 5) is 25.6. The molecule has 0 spiro atoms. The van der Waals surface area contributed by atoms with Crippen LogP contribution in [-0.4, -0.2) is 11.8 Å². The number of carbonyl (C=O) groups is 2. The largest absolute Gasteiger partial charge is 0.399 e. The molecule has 1 aliphatic heterocycles. The number of nitrogen functional groups attached to an aromatic ring is 1. The lowest BCUT2D eigenvalue weighted by Crippen LogP contribution is -2.31. The van der Waals surface area contributed by atoms with Crippen LogP contribution in [0.4, 0.5) is 15.8 Å². The molecular formula is C14H15FN2O2. The normalized spacial score (nSPS) is 26.7. The lowest BCUT2D eigenvalue weighted by atomic mass is 9.81. The number of halogens is 1. The van der Waals surface area contributed by atoms with Crippen molar-refractivity contribution >= 4 is 23.2 Å². The highest BCUT2D eigenvalue weighted by atomic mass is 19.1. The average molecular weight is 262 g/mol. The minimum atomic E-state index is -0.625. The van der Waals surface area contributed by atoms with Gasteiger partial charge in [-0.2, -0.15) is 0 Å². The summed E-state index contributed by atoms with van der Waals surface area (Å²) in [5.74, 6) is -1.69. The summed E-state index contributed by atoms with van der Waals surface area (Å²) in [6.07, 6.45) is 3.36. The van der Waals surface area contributed by atoms with E-state index in [2.05, 4.69) is 0 Å². The Hall–Kier alpha value is -1.91. The van der Waals surface area contributed by atoms with Crippen molar-refractivity contribution in [3.63, 3.8) is 0 Å². The summed E-state index contributed by atoms with van der Waals surface area (Å²) in [5, 5.41) is 0. The zero-order valence-electron chi connectivity index (χ0n) is 10.4. The predicted molar refractivity (Wildman–Crippen MR) is 68.8 cm³/mol. The van der Waals surface area contributed by atoms with E-state index in [4.69, 9.17) is 5.73 Å². The van der Waals surface area contributed by atoms with E-state index < -0.39 is 5.82 Å². The van der Waals surface area contributed by atoms with Gasteiger partial charge in [-0.3, -0.25) is 9.59 Å². The number of nitrogens with two attached hydrogens (primary N) is 1. The van der Waals surface area contributed by atoms with Gasteiger partial charge in [0.05, 0.1) is 17.5 Å². The second kappa shape index (κ2) is 4.33. The van der Waals surface area contributed by atoms with Crippen LogP contribution >= 0.6 is 0 Å². The fraction of sp³-hybridized carbons (Fsp3) is 0.429. The van der Waals surface area contributed by atoms with Crippen molar-refractivity contribution in [1.29, 1.82) is 0 Å². The molecule has 1 aromatic rings. The van der Waals surface area contributed by atoms with Crippen LogP contribution in [0.5, 0.6) is 0 Å². The number of imide groups is 1. The third-order valence-corrected chi connectivity index (χ3v) is 4.05. The molecule has 2 amide bonds. The average Bonchev–Trinajstić information content (AvgIpc) is 2.64. The van der Waals surface area contributed by atoms with Gasteiger partial charge in [0.1, 0.15) is 5.82 Å². The number of hydrogen-bond acceptors (Lipinski definition) is 3. The summed E-state index contributed by atoms with van der Waals surface area (Å²) in [6.45, 7) is 0. The van der Waals surface area contributed by atoms with Crippen molar-refractivity contribution in [3.05, 3.63) is 24.0 Å². The van der Waals surface area contributed by atoms with E-state index in [-0.39, 0.29) is 35.0 Å². The van der Waals surface area contributed by atoms with E-state index in [0.29, 0.717) is 0 Å². The molecule has 2 unspecified atom stereocenters. The molecule has 0 bridgehead atoms. The molecule has 2 N–H and O–H groups in total. The second-order valence-electron chi connectivity index (χ2n) is 5.22. The highest BCUT2D eigenvalue weighted by molar-refractivity contribution is 6.22. The third-order valence-electron chi connectivity index (χ3n) is 4.05. The molecule has 1 heterocycles. The van der Waals surface area contributed by atoms with Crippen LogP contribution in [0.25, 0.3) is 0 Å². The van der Waals surface area contributed by atoms with Crippen LogP contribution in [-0.2, 0) is 9.59 Å². The van der Waals surface area contributed by atoms with E-state index in [1.54, 1.807) is 0 Å². The Labute approximate surface area is 110 Å². The standard InChI is InChI=1S/C14H15FN2O2/c15-11-7-8(16)5-6-12(11)17-13(18)9-3-1-2-4-10(9)14(17)19/h5-7,9-10H,1-4,16H2. The molecule has 0 aromatic heterocycles. The van der Waals surface area contributed by atoms with Crippen LogP contribution in [0.15, 0.2) is 18.2 Å². The van der Waals surface area contributed by atoms with Crippen molar-refractivity contribution < 1.29 is 14.0 Å². The molecule has 1 aliphatic carbocycles. The van der Waals surface area contributed by atoms with Crippen LogP contribution in [0.1, 0.15) is 25.7 Å². The topological polar surface area (TPSA) is 63.4 Å². The highest BCUT2D eigenvalue weighted by Crippen LogP contribution is 2.40.